The van der Waals surface area contributed by atoms with Gasteiger partial charge in [0.05, 0.1) is 17.1 Å². The monoisotopic (exact) mass is 334 g/mol. The number of nitrogens with zero attached hydrogens (tertiary/aromatic N) is 4. The molecule has 0 radical (unpaired) electrons. The van der Waals surface area contributed by atoms with Crippen LogP contribution >= 0.6 is 0 Å². The lowest BCUT2D eigenvalue weighted by atomic mass is 10.1. The van der Waals surface area contributed by atoms with Crippen molar-refractivity contribution in [2.45, 2.75) is 52.0 Å². The summed E-state index contributed by atoms with van der Waals surface area (Å²) in [6.07, 6.45) is 11.3. The number of hydrogen-bond donors (Lipinski definition) is 0. The Balaban J connectivity index is 1.76. The van der Waals surface area contributed by atoms with Gasteiger partial charge in [-0.25, -0.2) is 0 Å². The summed E-state index contributed by atoms with van der Waals surface area (Å²) in [6, 6.07) is 14.0. The number of aromatic nitrogens is 4. The van der Waals surface area contributed by atoms with Crippen LogP contribution in [0.5, 0.6) is 0 Å². The quantitative estimate of drug-likeness (QED) is 0.494. The van der Waals surface area contributed by atoms with E-state index in [1.165, 1.54) is 32.1 Å². The first-order valence-electron chi connectivity index (χ1n) is 9.29. The van der Waals surface area contributed by atoms with Crippen molar-refractivity contribution in [3.05, 3.63) is 54.9 Å². The third-order valence-corrected chi connectivity index (χ3v) is 4.36. The maximum Gasteiger partial charge on any atom is 0.111 e. The highest BCUT2D eigenvalue weighted by atomic mass is 15.3. The van der Waals surface area contributed by atoms with Gasteiger partial charge in [0, 0.05) is 18.9 Å². The van der Waals surface area contributed by atoms with E-state index in [2.05, 4.69) is 27.6 Å². The molecule has 3 aromatic rings. The maximum atomic E-state index is 4.80. The Kier molecular flexibility index (Phi) is 6.32. The summed E-state index contributed by atoms with van der Waals surface area (Å²) in [7, 11) is 0. The lowest BCUT2D eigenvalue weighted by molar-refractivity contribution is 0.531. The van der Waals surface area contributed by atoms with Gasteiger partial charge in [-0.3, -0.25) is 14.6 Å². The van der Waals surface area contributed by atoms with Crippen LogP contribution in [0.25, 0.3) is 22.8 Å². The predicted octanol–water partition coefficient (Wildman–Crippen LogP) is 5.37. The Morgan fingerprint density at radius 3 is 2.12 bits per heavy atom. The summed E-state index contributed by atoms with van der Waals surface area (Å²) in [6.45, 7) is 3.17. The first-order valence-corrected chi connectivity index (χ1v) is 9.29. The Labute approximate surface area is 150 Å². The molecule has 0 saturated carbocycles. The molecule has 3 aromatic heterocycles. The van der Waals surface area contributed by atoms with Crippen LogP contribution in [0.15, 0.2) is 54.9 Å². The van der Waals surface area contributed by atoms with E-state index >= 15 is 0 Å². The maximum absolute atomic E-state index is 4.80. The zero-order chi connectivity index (χ0) is 17.3. The largest absolute Gasteiger partial charge is 0.263 e. The highest BCUT2D eigenvalue weighted by molar-refractivity contribution is 5.64. The van der Waals surface area contributed by atoms with Gasteiger partial charge in [-0.15, -0.1) is 0 Å². The van der Waals surface area contributed by atoms with Gasteiger partial charge in [0.1, 0.15) is 5.69 Å². The fourth-order valence-corrected chi connectivity index (χ4v) is 2.99. The van der Waals surface area contributed by atoms with Gasteiger partial charge in [-0.05, 0) is 36.8 Å². The van der Waals surface area contributed by atoms with Crippen molar-refractivity contribution in [2.75, 3.05) is 0 Å². The Morgan fingerprint density at radius 2 is 1.44 bits per heavy atom. The standard InChI is InChI=1S/C21H26N4/c1-2-3-4-5-6-11-16-25-21(19-13-8-10-15-23-19)17-20(24-25)18-12-7-9-14-22-18/h7-10,12-15,17H,2-6,11,16H2,1H3. The van der Waals surface area contributed by atoms with Crippen molar-refractivity contribution in [1.29, 1.82) is 0 Å². The molecule has 0 N–H and O–H groups in total. The van der Waals surface area contributed by atoms with Crippen LogP contribution in [-0.2, 0) is 6.54 Å². The zero-order valence-electron chi connectivity index (χ0n) is 14.9. The number of pyridine rings is 2. The van der Waals surface area contributed by atoms with Gasteiger partial charge in [0.2, 0.25) is 0 Å². The van der Waals surface area contributed by atoms with E-state index in [4.69, 9.17) is 5.10 Å². The lowest BCUT2D eigenvalue weighted by Crippen LogP contribution is -2.03. The smallest absolute Gasteiger partial charge is 0.111 e. The Hall–Kier alpha value is -2.49. The van der Waals surface area contributed by atoms with Crippen LogP contribution in [0.4, 0.5) is 0 Å². The summed E-state index contributed by atoms with van der Waals surface area (Å²) >= 11 is 0. The fraction of sp³-hybridized carbons (Fsp3) is 0.381. The van der Waals surface area contributed by atoms with Crippen LogP contribution in [0.3, 0.4) is 0 Å². The van der Waals surface area contributed by atoms with Crippen LogP contribution in [0.2, 0.25) is 0 Å². The van der Waals surface area contributed by atoms with Gasteiger partial charge in [0.15, 0.2) is 0 Å². The zero-order valence-corrected chi connectivity index (χ0v) is 14.9. The van der Waals surface area contributed by atoms with Crippen LogP contribution in [-0.4, -0.2) is 19.7 Å². The Bertz CT molecular complexity index is 750. The average Bonchev–Trinajstić information content (AvgIpc) is 3.10. The third-order valence-electron chi connectivity index (χ3n) is 4.36. The summed E-state index contributed by atoms with van der Waals surface area (Å²) < 4.78 is 2.09. The number of aryl methyl sites for hydroxylation is 1. The molecule has 25 heavy (non-hydrogen) atoms. The van der Waals surface area contributed by atoms with E-state index < -0.39 is 0 Å². The third kappa shape index (κ3) is 4.75. The fourth-order valence-electron chi connectivity index (χ4n) is 2.99. The van der Waals surface area contributed by atoms with Crippen molar-refractivity contribution < 1.29 is 0 Å². The normalized spacial score (nSPS) is 10.9. The van der Waals surface area contributed by atoms with Crippen LogP contribution in [0.1, 0.15) is 45.4 Å². The molecule has 0 aliphatic heterocycles. The van der Waals surface area contributed by atoms with Crippen molar-refractivity contribution >= 4 is 0 Å². The van der Waals surface area contributed by atoms with Crippen molar-refractivity contribution in [3.8, 4) is 22.8 Å². The molecule has 0 aromatic carbocycles. The van der Waals surface area contributed by atoms with Crippen molar-refractivity contribution in [3.63, 3.8) is 0 Å². The number of rotatable bonds is 9. The summed E-state index contributed by atoms with van der Waals surface area (Å²) in [5, 5.41) is 4.80. The highest BCUT2D eigenvalue weighted by Crippen LogP contribution is 2.24. The highest BCUT2D eigenvalue weighted by Gasteiger charge is 2.12. The molecule has 0 aliphatic rings. The second-order valence-electron chi connectivity index (χ2n) is 6.34. The molecular formula is C21H26N4. The molecular weight excluding hydrogens is 308 g/mol. The minimum absolute atomic E-state index is 0.904. The summed E-state index contributed by atoms with van der Waals surface area (Å²) in [5.41, 5.74) is 3.84. The molecule has 0 aliphatic carbocycles. The molecule has 3 heterocycles. The van der Waals surface area contributed by atoms with E-state index in [1.807, 2.05) is 48.8 Å². The lowest BCUT2D eigenvalue weighted by Gasteiger charge is -2.07. The van der Waals surface area contributed by atoms with Crippen LogP contribution in [0, 0.1) is 0 Å². The molecule has 0 saturated heterocycles. The van der Waals surface area contributed by atoms with E-state index in [1.54, 1.807) is 0 Å². The molecule has 0 amide bonds. The molecule has 0 bridgehead atoms. The average molecular weight is 334 g/mol. The first kappa shape index (κ1) is 17.3. The number of unbranched alkanes of at least 4 members (excludes halogenated alkanes) is 5. The molecule has 130 valence electrons. The minimum Gasteiger partial charge on any atom is -0.263 e. The van der Waals surface area contributed by atoms with E-state index in [0.717, 1.165) is 35.7 Å². The molecule has 0 unspecified atom stereocenters. The van der Waals surface area contributed by atoms with E-state index in [0.29, 0.717) is 0 Å². The van der Waals surface area contributed by atoms with Gasteiger partial charge in [-0.2, -0.15) is 5.10 Å². The molecule has 0 fully saturated rings. The van der Waals surface area contributed by atoms with E-state index in [-0.39, 0.29) is 0 Å². The van der Waals surface area contributed by atoms with E-state index in [9.17, 15) is 0 Å². The Morgan fingerprint density at radius 1 is 0.760 bits per heavy atom. The van der Waals surface area contributed by atoms with Crippen molar-refractivity contribution in [1.82, 2.24) is 19.7 Å². The molecule has 0 atom stereocenters. The second kappa shape index (κ2) is 9.11. The second-order valence-corrected chi connectivity index (χ2v) is 6.34. The first-order chi connectivity index (χ1) is 12.4. The van der Waals surface area contributed by atoms with Gasteiger partial charge in [-0.1, -0.05) is 51.2 Å². The summed E-state index contributed by atoms with van der Waals surface area (Å²) in [4.78, 5) is 8.94. The molecule has 0 spiro atoms. The van der Waals surface area contributed by atoms with Gasteiger partial charge >= 0.3 is 0 Å². The van der Waals surface area contributed by atoms with Gasteiger partial charge in [0.25, 0.3) is 0 Å². The SMILES string of the molecule is CCCCCCCCn1nc(-c2ccccn2)cc1-c1ccccn1. The predicted molar refractivity (Wildman–Crippen MR) is 102 cm³/mol. The van der Waals surface area contributed by atoms with Crippen LogP contribution < -0.4 is 0 Å². The molecule has 4 nitrogen and oxygen atoms in total. The number of hydrogen-bond acceptors (Lipinski definition) is 3. The van der Waals surface area contributed by atoms with Crippen molar-refractivity contribution in [2.24, 2.45) is 0 Å². The minimum atomic E-state index is 0.904. The summed E-state index contributed by atoms with van der Waals surface area (Å²) in [5.74, 6) is 0. The molecule has 4 heteroatoms. The molecule has 3 rings (SSSR count). The van der Waals surface area contributed by atoms with Gasteiger partial charge < -0.3 is 0 Å². The topological polar surface area (TPSA) is 43.6 Å².